The number of likely N-dealkylation sites (tertiary alicyclic amines) is 1. The van der Waals surface area contributed by atoms with E-state index in [4.69, 9.17) is 9.47 Å². The Balaban J connectivity index is 1.42. The molecule has 0 aliphatic carbocycles. The average Bonchev–Trinajstić information content (AvgIpc) is 3.15. The number of hydrogen-bond donors (Lipinski definition) is 0. The molecule has 2 aromatic heterocycles. The summed E-state index contributed by atoms with van der Waals surface area (Å²) in [5, 5.41) is 0.784. The lowest BCUT2D eigenvalue weighted by Gasteiger charge is -2.36. The molecule has 2 aliphatic heterocycles. The third kappa shape index (κ3) is 4.72. The van der Waals surface area contributed by atoms with Gasteiger partial charge in [-0.25, -0.2) is 4.98 Å². The van der Waals surface area contributed by atoms with Crippen LogP contribution in [0.3, 0.4) is 0 Å². The lowest BCUT2D eigenvalue weighted by molar-refractivity contribution is -0.133. The van der Waals surface area contributed by atoms with Crippen molar-refractivity contribution in [3.8, 4) is 5.88 Å². The second-order valence-corrected chi connectivity index (χ2v) is 9.33. The maximum atomic E-state index is 13.3. The Morgan fingerprint density at radius 3 is 2.34 bits per heavy atom. The van der Waals surface area contributed by atoms with Gasteiger partial charge in [-0.1, -0.05) is 0 Å². The quantitative estimate of drug-likeness (QED) is 0.649. The summed E-state index contributed by atoms with van der Waals surface area (Å²) < 4.78 is 10.6. The molecule has 0 bridgehead atoms. The summed E-state index contributed by atoms with van der Waals surface area (Å²) in [6.07, 6.45) is 3.42. The molecular weight excluding hydrogens is 430 g/mol. The van der Waals surface area contributed by atoms with Gasteiger partial charge in [-0.3, -0.25) is 14.5 Å². The Morgan fingerprint density at radius 1 is 0.969 bits per heavy atom. The van der Waals surface area contributed by atoms with Crippen LogP contribution in [0.1, 0.15) is 40.3 Å². The van der Waals surface area contributed by atoms with Gasteiger partial charge in [0.1, 0.15) is 11.4 Å². The number of aryl methyl sites for hydroxylation is 1. The van der Waals surface area contributed by atoms with Crippen LogP contribution in [0.2, 0.25) is 0 Å². The highest BCUT2D eigenvalue weighted by molar-refractivity contribution is 7.20. The van der Waals surface area contributed by atoms with Crippen molar-refractivity contribution in [3.63, 3.8) is 0 Å². The lowest BCUT2D eigenvalue weighted by Crippen LogP contribution is -2.52. The summed E-state index contributed by atoms with van der Waals surface area (Å²) in [6.45, 7) is 7.02. The molecule has 0 N–H and O–H groups in total. The van der Waals surface area contributed by atoms with Gasteiger partial charge in [-0.15, -0.1) is 11.3 Å². The van der Waals surface area contributed by atoms with Crippen molar-refractivity contribution < 1.29 is 19.1 Å². The van der Waals surface area contributed by atoms with E-state index in [1.165, 1.54) is 17.8 Å². The Labute approximate surface area is 192 Å². The van der Waals surface area contributed by atoms with E-state index in [9.17, 15) is 9.59 Å². The van der Waals surface area contributed by atoms with Gasteiger partial charge >= 0.3 is 0 Å². The smallest absolute Gasteiger partial charge is 0.264 e. The zero-order chi connectivity index (χ0) is 22.7. The molecule has 4 heterocycles. The maximum absolute atomic E-state index is 13.3. The number of ether oxygens (including phenoxy) is 2. The van der Waals surface area contributed by atoms with Crippen molar-refractivity contribution in [3.05, 3.63) is 16.3 Å². The Hall–Kier alpha value is -2.30. The van der Waals surface area contributed by atoms with E-state index in [2.05, 4.69) is 14.9 Å². The molecule has 32 heavy (non-hydrogen) atoms. The molecule has 0 spiro atoms. The molecule has 0 radical (unpaired) electrons. The lowest BCUT2D eigenvalue weighted by atomic mass is 10.1. The second kappa shape index (κ2) is 10.1. The van der Waals surface area contributed by atoms with Crippen LogP contribution in [0.4, 0.5) is 0 Å². The Morgan fingerprint density at radius 2 is 1.69 bits per heavy atom. The maximum Gasteiger partial charge on any atom is 0.264 e. The molecule has 174 valence electrons. The van der Waals surface area contributed by atoms with E-state index in [0.29, 0.717) is 49.3 Å². The minimum absolute atomic E-state index is 0.00264. The average molecular weight is 462 g/mol. The number of thiophene rings is 1. The molecule has 0 saturated carbocycles. The number of piperazine rings is 1. The summed E-state index contributed by atoms with van der Waals surface area (Å²) in [6, 6.07) is 0. The van der Waals surface area contributed by atoms with E-state index in [1.807, 2.05) is 16.7 Å². The Bertz CT molecular complexity index is 980. The number of carbonyl (C=O) groups is 2. The van der Waals surface area contributed by atoms with Crippen molar-refractivity contribution in [1.82, 2.24) is 24.7 Å². The molecule has 2 fully saturated rings. The molecule has 2 saturated heterocycles. The fourth-order valence-electron chi connectivity index (χ4n) is 4.38. The number of piperidine rings is 1. The fraction of sp³-hybridized carbons (Fsp3) is 0.636. The third-order valence-corrected chi connectivity index (χ3v) is 7.37. The molecule has 10 heteroatoms. The van der Waals surface area contributed by atoms with Crippen LogP contribution in [0, 0.1) is 6.92 Å². The number of methoxy groups -OCH3 is 2. The Kier molecular flexibility index (Phi) is 7.22. The minimum atomic E-state index is 0.00264. The number of hydrogen-bond acceptors (Lipinski definition) is 8. The van der Waals surface area contributed by atoms with Crippen LogP contribution in [0.5, 0.6) is 5.88 Å². The highest BCUT2D eigenvalue weighted by Gasteiger charge is 2.28. The molecular formula is C22H31N5O4S. The van der Waals surface area contributed by atoms with Crippen molar-refractivity contribution in [2.24, 2.45) is 0 Å². The van der Waals surface area contributed by atoms with Crippen LogP contribution in [0.15, 0.2) is 0 Å². The van der Waals surface area contributed by atoms with Gasteiger partial charge in [-0.05, 0) is 31.7 Å². The molecule has 9 nitrogen and oxygen atoms in total. The molecule has 0 unspecified atom stereocenters. The van der Waals surface area contributed by atoms with Gasteiger partial charge in [0, 0.05) is 46.4 Å². The molecule has 0 atom stereocenters. The van der Waals surface area contributed by atoms with Crippen LogP contribution in [-0.2, 0) is 16.1 Å². The van der Waals surface area contributed by atoms with E-state index >= 15 is 0 Å². The van der Waals surface area contributed by atoms with Crippen molar-refractivity contribution in [1.29, 1.82) is 0 Å². The third-order valence-electron chi connectivity index (χ3n) is 6.19. The number of rotatable bonds is 6. The van der Waals surface area contributed by atoms with Gasteiger partial charge in [-0.2, -0.15) is 4.98 Å². The number of fused-ring (bicyclic) bond motifs is 1. The second-order valence-electron chi connectivity index (χ2n) is 8.33. The minimum Gasteiger partial charge on any atom is -0.480 e. The SMILES string of the molecule is COCc1nc(OC)c2c(C)c(C(=O)N3CCN(CC(=O)N4CCCCC4)CC3)sc2n1. The first-order valence-electron chi connectivity index (χ1n) is 11.1. The van der Waals surface area contributed by atoms with Crippen molar-refractivity contribution in [2.75, 3.05) is 60.0 Å². The van der Waals surface area contributed by atoms with Gasteiger partial charge in [0.2, 0.25) is 11.8 Å². The predicted octanol–water partition coefficient (Wildman–Crippen LogP) is 1.93. The zero-order valence-corrected chi connectivity index (χ0v) is 19.9. The first-order chi connectivity index (χ1) is 15.5. The van der Waals surface area contributed by atoms with Gasteiger partial charge in [0.15, 0.2) is 5.82 Å². The largest absolute Gasteiger partial charge is 0.480 e. The monoisotopic (exact) mass is 461 g/mol. The molecule has 0 aromatic carbocycles. The van der Waals surface area contributed by atoms with Crippen LogP contribution in [-0.4, -0.2) is 96.5 Å². The van der Waals surface area contributed by atoms with Crippen molar-refractivity contribution in [2.45, 2.75) is 32.8 Å². The molecule has 4 rings (SSSR count). The fourth-order valence-corrected chi connectivity index (χ4v) is 5.54. The van der Waals surface area contributed by atoms with Crippen LogP contribution < -0.4 is 4.74 Å². The van der Waals surface area contributed by atoms with Gasteiger partial charge in [0.25, 0.3) is 5.91 Å². The normalized spacial score (nSPS) is 17.7. The van der Waals surface area contributed by atoms with E-state index < -0.39 is 0 Å². The number of amides is 2. The number of aromatic nitrogens is 2. The number of carbonyl (C=O) groups excluding carboxylic acids is 2. The standard InChI is InChI=1S/C22H31N5O4S/c1-15-18-20(31-3)23-16(14-30-2)24-21(18)32-19(15)22(29)27-11-9-25(10-12-27)13-17(28)26-7-5-4-6-8-26/h4-14H2,1-3H3. The summed E-state index contributed by atoms with van der Waals surface area (Å²) in [5.41, 5.74) is 0.846. The summed E-state index contributed by atoms with van der Waals surface area (Å²) >= 11 is 1.37. The topological polar surface area (TPSA) is 88.1 Å². The predicted molar refractivity (Wildman–Crippen MR) is 122 cm³/mol. The molecule has 2 amide bonds. The summed E-state index contributed by atoms with van der Waals surface area (Å²) in [7, 11) is 3.16. The van der Waals surface area contributed by atoms with E-state index in [0.717, 1.165) is 41.7 Å². The summed E-state index contributed by atoms with van der Waals surface area (Å²) in [5.74, 6) is 1.21. The van der Waals surface area contributed by atoms with Crippen molar-refractivity contribution >= 4 is 33.4 Å². The van der Waals surface area contributed by atoms with Crippen LogP contribution in [0.25, 0.3) is 10.2 Å². The highest BCUT2D eigenvalue weighted by Crippen LogP contribution is 2.35. The van der Waals surface area contributed by atoms with Gasteiger partial charge in [0.05, 0.1) is 23.9 Å². The molecule has 2 aromatic rings. The van der Waals surface area contributed by atoms with Crippen LogP contribution >= 0.6 is 11.3 Å². The first kappa shape index (κ1) is 22.9. The highest BCUT2D eigenvalue weighted by atomic mass is 32.1. The number of nitrogens with zero attached hydrogens (tertiary/aromatic N) is 5. The van der Waals surface area contributed by atoms with E-state index in [-0.39, 0.29) is 18.4 Å². The summed E-state index contributed by atoms with van der Waals surface area (Å²) in [4.78, 5) is 42.2. The molecule has 2 aliphatic rings. The zero-order valence-electron chi connectivity index (χ0n) is 19.1. The van der Waals surface area contributed by atoms with E-state index in [1.54, 1.807) is 14.2 Å². The first-order valence-corrected chi connectivity index (χ1v) is 12.0. The van der Waals surface area contributed by atoms with Gasteiger partial charge < -0.3 is 19.3 Å².